The highest BCUT2D eigenvalue weighted by Crippen LogP contribution is 2.28. The first-order chi connectivity index (χ1) is 15.1. The van der Waals surface area contributed by atoms with Crippen molar-refractivity contribution >= 4 is 38.4 Å². The van der Waals surface area contributed by atoms with Crippen molar-refractivity contribution in [2.45, 2.75) is 24.9 Å². The lowest BCUT2D eigenvalue weighted by molar-refractivity contribution is 0.0532. The third-order valence-corrected chi connectivity index (χ3v) is 7.28. The molecule has 0 aliphatic carbocycles. The fraction of sp³-hybridized carbons (Fsp3) is 0.160. The molecule has 4 nitrogen and oxygen atoms in total. The van der Waals surface area contributed by atoms with E-state index in [0.29, 0.717) is 24.6 Å². The molecule has 0 radical (unpaired) electrons. The van der Waals surface area contributed by atoms with E-state index in [9.17, 15) is 9.00 Å². The molecule has 3 aromatic carbocycles. The van der Waals surface area contributed by atoms with E-state index >= 15 is 0 Å². The number of esters is 1. The molecule has 0 aliphatic rings. The van der Waals surface area contributed by atoms with Crippen molar-refractivity contribution < 1.29 is 13.7 Å². The summed E-state index contributed by atoms with van der Waals surface area (Å²) in [5.41, 5.74) is 2.15. The van der Waals surface area contributed by atoms with Crippen molar-refractivity contribution in [3.8, 4) is 0 Å². The van der Waals surface area contributed by atoms with Gasteiger partial charge in [-0.2, -0.15) is 0 Å². The summed E-state index contributed by atoms with van der Waals surface area (Å²) in [5.74, 6) is -0.291. The van der Waals surface area contributed by atoms with E-state index in [0.717, 1.165) is 26.1 Å². The van der Waals surface area contributed by atoms with Gasteiger partial charge in [-0.1, -0.05) is 60.7 Å². The van der Waals surface area contributed by atoms with Gasteiger partial charge in [0.15, 0.2) is 0 Å². The summed E-state index contributed by atoms with van der Waals surface area (Å²) < 4.78 is 21.5. The summed E-state index contributed by atoms with van der Waals surface area (Å²) in [6.45, 7) is 3.26. The number of benzene rings is 3. The number of carbonyl (C=O) groups excluding carboxylic acids is 1. The second kappa shape index (κ2) is 10.0. The fourth-order valence-corrected chi connectivity index (χ4v) is 5.57. The summed E-state index contributed by atoms with van der Waals surface area (Å²) in [6.07, 6.45) is 0. The number of rotatable bonds is 8. The maximum Gasteiger partial charge on any atom is 0.348 e. The van der Waals surface area contributed by atoms with Gasteiger partial charge in [0, 0.05) is 17.8 Å². The van der Waals surface area contributed by atoms with Crippen molar-refractivity contribution in [2.24, 2.45) is 0 Å². The Kier molecular flexibility index (Phi) is 6.92. The molecule has 1 unspecified atom stereocenters. The minimum atomic E-state index is -1.30. The molecular formula is C25H23NO3S2. The summed E-state index contributed by atoms with van der Waals surface area (Å²) >= 11 is 1.43. The van der Waals surface area contributed by atoms with E-state index in [1.807, 2.05) is 83.2 Å². The first-order valence-corrected chi connectivity index (χ1v) is 12.0. The monoisotopic (exact) mass is 449 g/mol. The molecule has 1 atom stereocenters. The molecule has 4 aromatic rings. The van der Waals surface area contributed by atoms with Gasteiger partial charge in [-0.25, -0.2) is 13.3 Å². The van der Waals surface area contributed by atoms with Gasteiger partial charge in [0.05, 0.1) is 11.5 Å². The van der Waals surface area contributed by atoms with Gasteiger partial charge in [0.25, 0.3) is 0 Å². The first-order valence-electron chi connectivity index (χ1n) is 10.1. The highest BCUT2D eigenvalue weighted by molar-refractivity contribution is 7.82. The van der Waals surface area contributed by atoms with Crippen LogP contribution in [-0.2, 0) is 28.8 Å². The van der Waals surface area contributed by atoms with Crippen LogP contribution in [0.5, 0.6) is 0 Å². The van der Waals surface area contributed by atoms with Crippen molar-refractivity contribution in [1.29, 1.82) is 0 Å². The lowest BCUT2D eigenvalue weighted by atomic mass is 10.1. The first kappa shape index (κ1) is 21.4. The lowest BCUT2D eigenvalue weighted by Crippen LogP contribution is -2.25. The van der Waals surface area contributed by atoms with Gasteiger partial charge in [-0.15, -0.1) is 11.3 Å². The van der Waals surface area contributed by atoms with E-state index in [1.165, 1.54) is 11.3 Å². The summed E-state index contributed by atoms with van der Waals surface area (Å²) in [6, 6.07) is 27.6. The molecule has 1 heterocycles. The largest absolute Gasteiger partial charge is 0.462 e. The Bertz CT molecular complexity index is 1190. The van der Waals surface area contributed by atoms with Crippen molar-refractivity contribution in [2.75, 3.05) is 6.61 Å². The molecule has 158 valence electrons. The normalized spacial score (nSPS) is 12.2. The van der Waals surface area contributed by atoms with Crippen molar-refractivity contribution in [3.63, 3.8) is 0 Å². The third-order valence-electron chi connectivity index (χ3n) is 4.80. The minimum absolute atomic E-state index is 0.291. The van der Waals surface area contributed by atoms with Crippen LogP contribution >= 0.6 is 11.3 Å². The third kappa shape index (κ3) is 5.28. The highest BCUT2D eigenvalue weighted by atomic mass is 32.2. The molecule has 0 fully saturated rings. The molecule has 0 bridgehead atoms. The van der Waals surface area contributed by atoms with Crippen LogP contribution in [0, 0.1) is 0 Å². The molecule has 0 saturated carbocycles. The Hall–Kier alpha value is -2.80. The Morgan fingerprint density at radius 1 is 0.903 bits per heavy atom. The van der Waals surface area contributed by atoms with Crippen LogP contribution in [0.3, 0.4) is 0 Å². The standard InChI is InChI=1S/C25H23NO3S2/c1-2-29-25(27)24-16-21-14-13-20(15-23(21)30-24)18-26(17-19-9-5-3-6-10-19)31(28)22-11-7-4-8-12-22/h3-16H,2,17-18H2,1H3. The Morgan fingerprint density at radius 2 is 1.58 bits per heavy atom. The van der Waals surface area contributed by atoms with E-state index in [1.54, 1.807) is 6.92 Å². The van der Waals surface area contributed by atoms with E-state index in [4.69, 9.17) is 4.74 Å². The average Bonchev–Trinajstić information content (AvgIpc) is 3.23. The van der Waals surface area contributed by atoms with Gasteiger partial charge in [0.1, 0.15) is 15.9 Å². The molecule has 0 N–H and O–H groups in total. The number of ether oxygens (including phenoxy) is 1. The summed E-state index contributed by atoms with van der Waals surface area (Å²) in [7, 11) is -1.30. The van der Waals surface area contributed by atoms with Crippen LogP contribution in [-0.4, -0.2) is 21.1 Å². The Labute approximate surface area is 188 Å². The number of fused-ring (bicyclic) bond motifs is 1. The molecular weight excluding hydrogens is 426 g/mol. The van der Waals surface area contributed by atoms with Crippen LogP contribution in [0.4, 0.5) is 0 Å². The molecule has 0 spiro atoms. The van der Waals surface area contributed by atoms with E-state index in [2.05, 4.69) is 6.07 Å². The number of hydrogen-bond acceptors (Lipinski definition) is 4. The quantitative estimate of drug-likeness (QED) is 0.319. The summed E-state index contributed by atoms with van der Waals surface area (Å²) in [5, 5.41) is 1.01. The van der Waals surface area contributed by atoms with E-state index in [-0.39, 0.29) is 5.97 Å². The van der Waals surface area contributed by atoms with Crippen LogP contribution in [0.15, 0.2) is 89.8 Å². The van der Waals surface area contributed by atoms with Crippen molar-refractivity contribution in [3.05, 3.63) is 101 Å². The maximum absolute atomic E-state index is 13.4. The molecule has 4 rings (SSSR count). The number of hydrogen-bond donors (Lipinski definition) is 0. The molecule has 6 heteroatoms. The second-order valence-corrected chi connectivity index (χ2v) is 9.62. The van der Waals surface area contributed by atoms with Crippen LogP contribution in [0.1, 0.15) is 27.7 Å². The average molecular weight is 450 g/mol. The predicted molar refractivity (Wildman–Crippen MR) is 126 cm³/mol. The van der Waals surface area contributed by atoms with Crippen LogP contribution in [0.2, 0.25) is 0 Å². The van der Waals surface area contributed by atoms with Gasteiger partial charge in [0.2, 0.25) is 0 Å². The number of carbonyl (C=O) groups is 1. The zero-order valence-electron chi connectivity index (χ0n) is 17.2. The number of thiophene rings is 1. The second-order valence-electron chi connectivity index (χ2n) is 7.05. The molecule has 0 aliphatic heterocycles. The lowest BCUT2D eigenvalue weighted by Gasteiger charge is -2.21. The summed E-state index contributed by atoms with van der Waals surface area (Å²) in [4.78, 5) is 13.4. The Balaban J connectivity index is 1.61. The van der Waals surface area contributed by atoms with Crippen LogP contribution < -0.4 is 0 Å². The molecule has 1 aromatic heterocycles. The molecule has 31 heavy (non-hydrogen) atoms. The van der Waals surface area contributed by atoms with E-state index < -0.39 is 11.0 Å². The van der Waals surface area contributed by atoms with Gasteiger partial charge < -0.3 is 4.74 Å². The highest BCUT2D eigenvalue weighted by Gasteiger charge is 2.17. The SMILES string of the molecule is CCOC(=O)c1cc2ccc(CN(Cc3ccccc3)S(=O)c3ccccc3)cc2s1. The Morgan fingerprint density at radius 3 is 2.29 bits per heavy atom. The minimum Gasteiger partial charge on any atom is -0.462 e. The van der Waals surface area contributed by atoms with Crippen LogP contribution in [0.25, 0.3) is 10.1 Å². The van der Waals surface area contributed by atoms with Gasteiger partial charge in [-0.3, -0.25) is 0 Å². The predicted octanol–water partition coefficient (Wildman–Crippen LogP) is 5.80. The topological polar surface area (TPSA) is 46.6 Å². The smallest absolute Gasteiger partial charge is 0.348 e. The fourth-order valence-electron chi connectivity index (χ4n) is 3.33. The molecule has 0 amide bonds. The van der Waals surface area contributed by atoms with Gasteiger partial charge in [-0.05, 0) is 47.7 Å². The van der Waals surface area contributed by atoms with Crippen molar-refractivity contribution in [1.82, 2.24) is 4.31 Å². The maximum atomic E-state index is 13.4. The zero-order chi connectivity index (χ0) is 21.6. The van der Waals surface area contributed by atoms with Gasteiger partial charge >= 0.3 is 5.97 Å². The zero-order valence-corrected chi connectivity index (χ0v) is 18.8. The number of nitrogens with zero attached hydrogens (tertiary/aromatic N) is 1. The molecule has 0 saturated heterocycles.